The fourth-order valence-corrected chi connectivity index (χ4v) is 1.41. The molecule has 3 heteroatoms. The molecule has 1 heterocycles. The fourth-order valence-electron chi connectivity index (χ4n) is 1.41. The normalized spacial score (nSPS) is 9.67. The molecule has 0 bridgehead atoms. The average Bonchev–Trinajstić information content (AvgIpc) is 2.29. The van der Waals surface area contributed by atoms with Gasteiger partial charge < -0.3 is 4.90 Å². The average molecular weight is 203 g/mol. The summed E-state index contributed by atoms with van der Waals surface area (Å²) in [5.41, 5.74) is 1.55. The van der Waals surface area contributed by atoms with Gasteiger partial charge in [0.1, 0.15) is 11.8 Å². The Bertz CT molecular complexity index is 324. The maximum Gasteiger partial charge on any atom is 0.140 e. The fraction of sp³-hybridized carbons (Fsp3) is 0.500. The van der Waals surface area contributed by atoms with E-state index in [1.54, 1.807) is 12.3 Å². The lowest BCUT2D eigenvalue weighted by Crippen LogP contribution is -2.18. The summed E-state index contributed by atoms with van der Waals surface area (Å²) in [6.45, 7) is 3.24. The minimum atomic E-state index is 0.473. The number of unbranched alkanes of at least 4 members (excludes halogenated alkanes) is 2. The van der Waals surface area contributed by atoms with Crippen molar-refractivity contribution in [2.75, 3.05) is 18.5 Å². The van der Waals surface area contributed by atoms with Crippen molar-refractivity contribution in [1.29, 1.82) is 5.26 Å². The molecule has 0 saturated heterocycles. The van der Waals surface area contributed by atoms with E-state index >= 15 is 0 Å². The molecule has 0 spiro atoms. The van der Waals surface area contributed by atoms with E-state index in [0.717, 1.165) is 12.2 Å². The molecule has 0 amide bonds. The van der Waals surface area contributed by atoms with Crippen molar-refractivity contribution in [2.24, 2.45) is 0 Å². The second-order valence-corrected chi connectivity index (χ2v) is 3.64. The van der Waals surface area contributed by atoms with Crippen molar-refractivity contribution in [3.05, 3.63) is 24.0 Å². The predicted octanol–water partition coefficient (Wildman–Crippen LogP) is 2.58. The van der Waals surface area contributed by atoms with Gasteiger partial charge in [0.05, 0.1) is 11.9 Å². The minimum absolute atomic E-state index is 0.473. The van der Waals surface area contributed by atoms with Crippen molar-refractivity contribution in [3.63, 3.8) is 0 Å². The third kappa shape index (κ3) is 3.59. The monoisotopic (exact) mass is 203 g/mol. The summed E-state index contributed by atoms with van der Waals surface area (Å²) in [5, 5.41) is 8.61. The number of nitriles is 1. The van der Waals surface area contributed by atoms with Crippen molar-refractivity contribution in [1.82, 2.24) is 4.98 Å². The van der Waals surface area contributed by atoms with E-state index < -0.39 is 0 Å². The molecular formula is C12H17N3. The highest BCUT2D eigenvalue weighted by molar-refractivity contribution is 5.44. The van der Waals surface area contributed by atoms with Gasteiger partial charge in [0, 0.05) is 13.6 Å². The molecule has 0 aliphatic carbocycles. The molecule has 0 unspecified atom stereocenters. The van der Waals surface area contributed by atoms with E-state index in [-0.39, 0.29) is 0 Å². The molecule has 3 nitrogen and oxygen atoms in total. The SMILES string of the molecule is CCCCCN(C)c1ccc(C#N)nc1. The first-order chi connectivity index (χ1) is 7.27. The van der Waals surface area contributed by atoms with Crippen LogP contribution in [-0.2, 0) is 0 Å². The standard InChI is InChI=1S/C12H17N3/c1-3-4-5-8-15(2)12-7-6-11(9-13)14-10-12/h6-7,10H,3-5,8H2,1-2H3. The summed E-state index contributed by atoms with van der Waals surface area (Å²) in [4.78, 5) is 6.21. The summed E-state index contributed by atoms with van der Waals surface area (Å²) in [6.07, 6.45) is 5.45. The van der Waals surface area contributed by atoms with Crippen LogP contribution in [0.1, 0.15) is 31.9 Å². The van der Waals surface area contributed by atoms with E-state index in [9.17, 15) is 0 Å². The molecular weight excluding hydrogens is 186 g/mol. The van der Waals surface area contributed by atoms with Crippen LogP contribution in [0.4, 0.5) is 5.69 Å². The molecule has 1 aromatic rings. The van der Waals surface area contributed by atoms with Crippen molar-refractivity contribution in [2.45, 2.75) is 26.2 Å². The highest BCUT2D eigenvalue weighted by atomic mass is 15.1. The van der Waals surface area contributed by atoms with E-state index in [2.05, 4.69) is 23.9 Å². The topological polar surface area (TPSA) is 39.9 Å². The number of rotatable bonds is 5. The second kappa shape index (κ2) is 6.02. The van der Waals surface area contributed by atoms with Gasteiger partial charge in [-0.1, -0.05) is 19.8 Å². The molecule has 80 valence electrons. The first kappa shape index (κ1) is 11.5. The zero-order valence-electron chi connectivity index (χ0n) is 9.40. The highest BCUT2D eigenvalue weighted by Crippen LogP contribution is 2.11. The molecule has 0 atom stereocenters. The Morgan fingerprint density at radius 1 is 1.40 bits per heavy atom. The highest BCUT2D eigenvalue weighted by Gasteiger charge is 2.00. The molecule has 0 fully saturated rings. The van der Waals surface area contributed by atoms with Crippen LogP contribution < -0.4 is 4.90 Å². The predicted molar refractivity (Wildman–Crippen MR) is 61.7 cm³/mol. The third-order valence-corrected chi connectivity index (χ3v) is 2.40. The molecule has 0 aromatic carbocycles. The van der Waals surface area contributed by atoms with E-state index in [1.807, 2.05) is 12.1 Å². The maximum absolute atomic E-state index is 8.61. The zero-order chi connectivity index (χ0) is 11.1. The van der Waals surface area contributed by atoms with E-state index in [0.29, 0.717) is 5.69 Å². The molecule has 15 heavy (non-hydrogen) atoms. The van der Waals surface area contributed by atoms with Gasteiger partial charge in [0.25, 0.3) is 0 Å². The van der Waals surface area contributed by atoms with Gasteiger partial charge in [0.15, 0.2) is 0 Å². The first-order valence-corrected chi connectivity index (χ1v) is 5.35. The van der Waals surface area contributed by atoms with Crippen LogP contribution in [0.15, 0.2) is 18.3 Å². The Labute approximate surface area is 91.4 Å². The molecule has 1 aromatic heterocycles. The van der Waals surface area contributed by atoms with Crippen molar-refractivity contribution >= 4 is 5.69 Å². The van der Waals surface area contributed by atoms with Crippen molar-refractivity contribution in [3.8, 4) is 6.07 Å². The van der Waals surface area contributed by atoms with E-state index in [1.165, 1.54) is 19.3 Å². The third-order valence-electron chi connectivity index (χ3n) is 2.40. The Morgan fingerprint density at radius 3 is 2.73 bits per heavy atom. The molecule has 0 saturated carbocycles. The van der Waals surface area contributed by atoms with Crippen molar-refractivity contribution < 1.29 is 0 Å². The lowest BCUT2D eigenvalue weighted by atomic mass is 10.2. The zero-order valence-corrected chi connectivity index (χ0v) is 9.40. The Morgan fingerprint density at radius 2 is 2.20 bits per heavy atom. The quantitative estimate of drug-likeness (QED) is 0.690. The van der Waals surface area contributed by atoms with Crippen LogP contribution in [0.5, 0.6) is 0 Å². The van der Waals surface area contributed by atoms with Gasteiger partial charge in [-0.05, 0) is 18.6 Å². The molecule has 0 aliphatic rings. The Kier molecular flexibility index (Phi) is 4.62. The van der Waals surface area contributed by atoms with Crippen LogP contribution in [0.2, 0.25) is 0 Å². The van der Waals surface area contributed by atoms with Gasteiger partial charge in [-0.3, -0.25) is 0 Å². The summed E-state index contributed by atoms with van der Waals surface area (Å²) in [6, 6.07) is 5.71. The summed E-state index contributed by atoms with van der Waals surface area (Å²) in [7, 11) is 2.05. The first-order valence-electron chi connectivity index (χ1n) is 5.35. The Balaban J connectivity index is 2.51. The minimum Gasteiger partial charge on any atom is -0.373 e. The number of pyridine rings is 1. The van der Waals surface area contributed by atoms with Crippen LogP contribution in [0.3, 0.4) is 0 Å². The van der Waals surface area contributed by atoms with Gasteiger partial charge in [0.2, 0.25) is 0 Å². The van der Waals surface area contributed by atoms with E-state index in [4.69, 9.17) is 5.26 Å². The number of hydrogen-bond acceptors (Lipinski definition) is 3. The van der Waals surface area contributed by atoms with Gasteiger partial charge in [-0.15, -0.1) is 0 Å². The lowest BCUT2D eigenvalue weighted by molar-refractivity contribution is 0.704. The van der Waals surface area contributed by atoms with Gasteiger partial charge in [-0.2, -0.15) is 5.26 Å². The Hall–Kier alpha value is -1.56. The smallest absolute Gasteiger partial charge is 0.140 e. The summed E-state index contributed by atoms with van der Waals surface area (Å²) >= 11 is 0. The molecule has 0 radical (unpaired) electrons. The van der Waals surface area contributed by atoms with Gasteiger partial charge >= 0.3 is 0 Å². The summed E-state index contributed by atoms with van der Waals surface area (Å²) < 4.78 is 0. The second-order valence-electron chi connectivity index (χ2n) is 3.64. The number of hydrogen-bond donors (Lipinski definition) is 0. The van der Waals surface area contributed by atoms with Crippen LogP contribution in [0, 0.1) is 11.3 Å². The summed E-state index contributed by atoms with van der Waals surface area (Å²) in [5.74, 6) is 0. The molecule has 0 N–H and O–H groups in total. The number of anilines is 1. The number of nitrogens with zero attached hydrogens (tertiary/aromatic N) is 3. The molecule has 1 rings (SSSR count). The maximum atomic E-state index is 8.61. The van der Waals surface area contributed by atoms with Gasteiger partial charge in [-0.25, -0.2) is 4.98 Å². The van der Waals surface area contributed by atoms with Crippen LogP contribution in [-0.4, -0.2) is 18.6 Å². The van der Waals surface area contributed by atoms with Crippen LogP contribution >= 0.6 is 0 Å². The van der Waals surface area contributed by atoms with Crippen LogP contribution in [0.25, 0.3) is 0 Å². The lowest BCUT2D eigenvalue weighted by Gasteiger charge is -2.18. The largest absolute Gasteiger partial charge is 0.373 e. The molecule has 0 aliphatic heterocycles. The number of aromatic nitrogens is 1.